The molecule has 0 aliphatic carbocycles. The number of esters is 1. The fourth-order valence-electron chi connectivity index (χ4n) is 2.02. The summed E-state index contributed by atoms with van der Waals surface area (Å²) in [5.41, 5.74) is 6.83. The first-order valence-electron chi connectivity index (χ1n) is 7.21. The molecule has 3 N–H and O–H groups in total. The van der Waals surface area contributed by atoms with Crippen molar-refractivity contribution in [2.45, 2.75) is 26.6 Å². The van der Waals surface area contributed by atoms with Crippen molar-refractivity contribution in [1.82, 2.24) is 4.57 Å². The van der Waals surface area contributed by atoms with E-state index in [0.29, 0.717) is 11.1 Å². The number of furan rings is 1. The van der Waals surface area contributed by atoms with Crippen molar-refractivity contribution in [1.29, 1.82) is 0 Å². The highest BCUT2D eigenvalue weighted by Crippen LogP contribution is 2.21. The van der Waals surface area contributed by atoms with Gasteiger partial charge in [-0.1, -0.05) is 13.8 Å². The van der Waals surface area contributed by atoms with E-state index >= 15 is 0 Å². The second-order valence-electron chi connectivity index (χ2n) is 5.41. The minimum absolute atomic E-state index is 0.00390. The topological polar surface area (TPSA) is 117 Å². The van der Waals surface area contributed by atoms with Crippen LogP contribution in [0.2, 0.25) is 0 Å². The summed E-state index contributed by atoms with van der Waals surface area (Å²) < 4.78 is 17.0. The monoisotopic (exact) mass is 324 g/mol. The predicted molar refractivity (Wildman–Crippen MR) is 80.9 cm³/mol. The number of carboxylic acids is 1. The molecule has 0 saturated carbocycles. The number of carbonyl (C=O) groups is 2. The predicted octanol–water partition coefficient (Wildman–Crippen LogP) is 1.43. The summed E-state index contributed by atoms with van der Waals surface area (Å²) in [5, 5.41) is 9.17. The number of fused-ring (bicyclic) bond motifs is 1. The van der Waals surface area contributed by atoms with Gasteiger partial charge in [0.05, 0.1) is 18.4 Å². The van der Waals surface area contributed by atoms with Crippen molar-refractivity contribution in [3.63, 3.8) is 0 Å². The zero-order chi connectivity index (χ0) is 17.0. The molecule has 0 aromatic carbocycles. The molecule has 0 fully saturated rings. The zero-order valence-electron chi connectivity index (χ0n) is 13.0. The second-order valence-corrected chi connectivity index (χ2v) is 5.41. The summed E-state index contributed by atoms with van der Waals surface area (Å²) >= 11 is 0. The van der Waals surface area contributed by atoms with E-state index in [1.807, 2.05) is 13.8 Å². The van der Waals surface area contributed by atoms with E-state index in [-0.39, 0.29) is 31.6 Å². The lowest BCUT2D eigenvalue weighted by molar-refractivity contribution is -0.148. The zero-order valence-corrected chi connectivity index (χ0v) is 13.0. The maximum Gasteiger partial charge on any atom is 0.352 e. The molecule has 2 aromatic rings. The highest BCUT2D eigenvalue weighted by atomic mass is 16.6. The summed E-state index contributed by atoms with van der Waals surface area (Å²) in [5.74, 6) is -1.56. The molecular weight excluding hydrogens is 304 g/mol. The molecule has 1 atom stereocenters. The van der Waals surface area contributed by atoms with Crippen LogP contribution in [0.1, 0.15) is 24.3 Å². The quantitative estimate of drug-likeness (QED) is 0.557. The minimum Gasteiger partial charge on any atom is -0.477 e. The SMILES string of the molecule is CC(C)C(N)C(=O)OCCOCn1c(C(=O)O)cc2occc21. The summed E-state index contributed by atoms with van der Waals surface area (Å²) in [6.07, 6.45) is 1.47. The fraction of sp³-hybridized carbons (Fsp3) is 0.467. The first-order chi connectivity index (χ1) is 10.9. The standard InChI is InChI=1S/C15H20N2O6/c1-9(2)13(16)15(20)23-6-5-21-8-17-10-3-4-22-12(10)7-11(17)14(18)19/h3-4,7,9,13H,5-6,8,16H2,1-2H3,(H,18,19). The number of hydrogen-bond acceptors (Lipinski definition) is 6. The first-order valence-corrected chi connectivity index (χ1v) is 7.21. The maximum absolute atomic E-state index is 11.6. The molecule has 2 aromatic heterocycles. The molecule has 0 amide bonds. The van der Waals surface area contributed by atoms with Gasteiger partial charge in [0.25, 0.3) is 0 Å². The number of ether oxygens (including phenoxy) is 2. The van der Waals surface area contributed by atoms with Gasteiger partial charge in [-0.3, -0.25) is 4.79 Å². The van der Waals surface area contributed by atoms with Crippen LogP contribution in [-0.4, -0.2) is 40.9 Å². The first kappa shape index (κ1) is 17.0. The third-order valence-corrected chi connectivity index (χ3v) is 3.42. The molecule has 126 valence electrons. The van der Waals surface area contributed by atoms with Crippen LogP contribution in [-0.2, 0) is 21.0 Å². The Morgan fingerprint density at radius 1 is 1.39 bits per heavy atom. The highest BCUT2D eigenvalue weighted by molar-refractivity contribution is 5.92. The Bertz CT molecular complexity index is 687. The van der Waals surface area contributed by atoms with Crippen LogP contribution in [0, 0.1) is 5.92 Å². The number of aromatic carboxylic acids is 1. The minimum atomic E-state index is -1.07. The Kier molecular flexibility index (Phi) is 5.41. The lowest BCUT2D eigenvalue weighted by Gasteiger charge is -2.14. The van der Waals surface area contributed by atoms with E-state index in [0.717, 1.165) is 0 Å². The molecule has 8 heteroatoms. The Morgan fingerprint density at radius 2 is 2.13 bits per heavy atom. The Labute approximate surface area is 132 Å². The molecule has 23 heavy (non-hydrogen) atoms. The van der Waals surface area contributed by atoms with E-state index < -0.39 is 18.0 Å². The molecule has 0 aliphatic heterocycles. The summed E-state index contributed by atoms with van der Waals surface area (Å²) in [6, 6.07) is 2.43. The average molecular weight is 324 g/mol. The van der Waals surface area contributed by atoms with Crippen LogP contribution in [0.25, 0.3) is 11.1 Å². The van der Waals surface area contributed by atoms with Gasteiger partial charge in [0.1, 0.15) is 25.1 Å². The molecule has 0 bridgehead atoms. The van der Waals surface area contributed by atoms with Gasteiger partial charge in [0.15, 0.2) is 5.58 Å². The Morgan fingerprint density at radius 3 is 2.78 bits per heavy atom. The van der Waals surface area contributed by atoms with Crippen LogP contribution >= 0.6 is 0 Å². The van der Waals surface area contributed by atoms with E-state index in [1.54, 1.807) is 6.07 Å². The van der Waals surface area contributed by atoms with Gasteiger partial charge in [0.2, 0.25) is 0 Å². The van der Waals surface area contributed by atoms with Crippen LogP contribution in [0.4, 0.5) is 0 Å². The van der Waals surface area contributed by atoms with E-state index in [9.17, 15) is 14.7 Å². The summed E-state index contributed by atoms with van der Waals surface area (Å²) in [7, 11) is 0. The number of hydrogen-bond donors (Lipinski definition) is 2. The van der Waals surface area contributed by atoms with Crippen molar-refractivity contribution >= 4 is 23.0 Å². The van der Waals surface area contributed by atoms with Crippen LogP contribution in [0.3, 0.4) is 0 Å². The van der Waals surface area contributed by atoms with Crippen LogP contribution < -0.4 is 5.73 Å². The van der Waals surface area contributed by atoms with E-state index in [2.05, 4.69) is 0 Å². The summed E-state index contributed by atoms with van der Waals surface area (Å²) in [6.45, 7) is 3.86. The number of rotatable bonds is 8. The number of nitrogens with two attached hydrogens (primary N) is 1. The highest BCUT2D eigenvalue weighted by Gasteiger charge is 2.19. The van der Waals surface area contributed by atoms with Gasteiger partial charge in [-0.2, -0.15) is 0 Å². The van der Waals surface area contributed by atoms with Crippen molar-refractivity contribution in [2.75, 3.05) is 13.2 Å². The number of nitrogens with zero attached hydrogens (tertiary/aromatic N) is 1. The molecule has 2 heterocycles. The van der Waals surface area contributed by atoms with Crippen molar-refractivity contribution in [2.24, 2.45) is 11.7 Å². The van der Waals surface area contributed by atoms with Crippen molar-refractivity contribution < 1.29 is 28.6 Å². The van der Waals surface area contributed by atoms with Gasteiger partial charge in [-0.05, 0) is 5.92 Å². The fourth-order valence-corrected chi connectivity index (χ4v) is 2.02. The third-order valence-electron chi connectivity index (χ3n) is 3.42. The molecule has 2 rings (SSSR count). The van der Waals surface area contributed by atoms with Gasteiger partial charge < -0.3 is 29.3 Å². The second kappa shape index (κ2) is 7.30. The molecule has 0 aliphatic rings. The number of carbonyl (C=O) groups excluding carboxylic acids is 1. The molecule has 0 spiro atoms. The third kappa shape index (κ3) is 3.91. The van der Waals surface area contributed by atoms with Gasteiger partial charge in [-0.15, -0.1) is 0 Å². The Balaban J connectivity index is 1.85. The van der Waals surface area contributed by atoms with Crippen LogP contribution in [0.5, 0.6) is 0 Å². The molecule has 0 radical (unpaired) electrons. The van der Waals surface area contributed by atoms with Crippen molar-refractivity contribution in [3.05, 3.63) is 24.1 Å². The Hall–Kier alpha value is -2.32. The summed E-state index contributed by atoms with van der Waals surface area (Å²) in [4.78, 5) is 22.8. The smallest absolute Gasteiger partial charge is 0.352 e. The van der Waals surface area contributed by atoms with Gasteiger partial charge >= 0.3 is 11.9 Å². The molecule has 8 nitrogen and oxygen atoms in total. The van der Waals surface area contributed by atoms with Crippen molar-refractivity contribution in [3.8, 4) is 0 Å². The maximum atomic E-state index is 11.6. The lowest BCUT2D eigenvalue weighted by Crippen LogP contribution is -2.37. The average Bonchev–Trinajstić information content (AvgIpc) is 3.07. The van der Waals surface area contributed by atoms with Gasteiger partial charge in [-0.25, -0.2) is 4.79 Å². The molecule has 1 unspecified atom stereocenters. The normalized spacial score (nSPS) is 12.7. The number of aromatic nitrogens is 1. The van der Waals surface area contributed by atoms with Gasteiger partial charge in [0, 0.05) is 12.1 Å². The lowest BCUT2D eigenvalue weighted by atomic mass is 10.1. The molecular formula is C15H20N2O6. The van der Waals surface area contributed by atoms with Crippen LogP contribution in [0.15, 0.2) is 22.8 Å². The largest absolute Gasteiger partial charge is 0.477 e. The number of carboxylic acid groups (broad SMARTS) is 1. The van der Waals surface area contributed by atoms with E-state index in [4.69, 9.17) is 19.6 Å². The molecule has 0 saturated heterocycles. The van der Waals surface area contributed by atoms with E-state index in [1.165, 1.54) is 16.9 Å².